The predicted octanol–water partition coefficient (Wildman–Crippen LogP) is 4.66. The molecule has 0 amide bonds. The minimum atomic E-state index is -0.963. The molecule has 1 N–H and O–H groups in total. The quantitative estimate of drug-likeness (QED) is 0.799. The summed E-state index contributed by atoms with van der Waals surface area (Å²) in [6.07, 6.45) is 1.96. The van der Waals surface area contributed by atoms with Gasteiger partial charge in [0.05, 0.1) is 6.61 Å². The molecule has 0 aliphatic rings. The number of carboxylic acid groups (broad SMARTS) is 1. The Kier molecular flexibility index (Phi) is 5.41. The number of hydrogen-bond donors (Lipinski definition) is 1. The van der Waals surface area contributed by atoms with Gasteiger partial charge in [-0.3, -0.25) is 0 Å². The lowest BCUT2D eigenvalue weighted by molar-refractivity contribution is 0.0691. The first kappa shape index (κ1) is 16.0. The Morgan fingerprint density at radius 1 is 1.37 bits per heavy atom. The fourth-order valence-corrected chi connectivity index (χ4v) is 2.43. The molecule has 4 heteroatoms. The minimum absolute atomic E-state index is 0.211. The van der Waals surface area contributed by atoms with Crippen molar-refractivity contribution in [3.8, 4) is 5.75 Å². The van der Waals surface area contributed by atoms with Crippen molar-refractivity contribution in [2.75, 3.05) is 6.61 Å². The van der Waals surface area contributed by atoms with Crippen LogP contribution in [0, 0.1) is 12.3 Å². The molecule has 0 aliphatic heterocycles. The molecular formula is C15H21BrO3. The van der Waals surface area contributed by atoms with Gasteiger partial charge in [-0.1, -0.05) is 36.7 Å². The molecule has 1 aromatic rings. The molecule has 19 heavy (non-hydrogen) atoms. The van der Waals surface area contributed by atoms with Crippen molar-refractivity contribution >= 4 is 21.9 Å². The van der Waals surface area contributed by atoms with Gasteiger partial charge >= 0.3 is 5.97 Å². The van der Waals surface area contributed by atoms with Crippen molar-refractivity contribution in [2.24, 2.45) is 5.41 Å². The number of ether oxygens (including phenoxy) is 1. The number of benzene rings is 1. The number of hydrogen-bond acceptors (Lipinski definition) is 2. The van der Waals surface area contributed by atoms with Crippen LogP contribution in [0.3, 0.4) is 0 Å². The summed E-state index contributed by atoms with van der Waals surface area (Å²) >= 11 is 3.30. The Hall–Kier alpha value is -1.03. The third-order valence-corrected chi connectivity index (χ3v) is 3.25. The number of halogens is 1. The molecule has 0 bridgehead atoms. The molecule has 1 rings (SSSR count). The van der Waals surface area contributed by atoms with Crippen molar-refractivity contribution in [1.29, 1.82) is 0 Å². The highest BCUT2D eigenvalue weighted by molar-refractivity contribution is 9.10. The standard InChI is InChI=1S/C15H21BrO3/c1-10-8-11(16)9-12(14(17)18)13(10)19-7-5-6-15(2,3)4/h8-9H,5-7H2,1-4H3,(H,17,18). The van der Waals surface area contributed by atoms with E-state index in [1.807, 2.05) is 13.0 Å². The Morgan fingerprint density at radius 3 is 2.53 bits per heavy atom. The number of carboxylic acids is 1. The normalized spacial score (nSPS) is 11.4. The van der Waals surface area contributed by atoms with Crippen molar-refractivity contribution in [2.45, 2.75) is 40.5 Å². The number of aryl methyl sites for hydroxylation is 1. The fourth-order valence-electron chi connectivity index (χ4n) is 1.86. The third-order valence-electron chi connectivity index (χ3n) is 2.79. The van der Waals surface area contributed by atoms with Crippen LogP contribution >= 0.6 is 15.9 Å². The Balaban J connectivity index is 2.75. The second-order valence-corrected chi connectivity index (χ2v) is 6.83. The summed E-state index contributed by atoms with van der Waals surface area (Å²) in [7, 11) is 0. The first-order chi connectivity index (χ1) is 8.70. The van der Waals surface area contributed by atoms with Crippen LogP contribution in [0.5, 0.6) is 5.75 Å². The van der Waals surface area contributed by atoms with E-state index in [0.717, 1.165) is 22.9 Å². The molecule has 106 valence electrons. The lowest BCUT2D eigenvalue weighted by Gasteiger charge is -2.18. The zero-order chi connectivity index (χ0) is 14.6. The van der Waals surface area contributed by atoms with Crippen molar-refractivity contribution in [3.05, 3.63) is 27.7 Å². The van der Waals surface area contributed by atoms with Crippen LogP contribution in [-0.2, 0) is 0 Å². The second-order valence-electron chi connectivity index (χ2n) is 5.92. The van der Waals surface area contributed by atoms with Crippen molar-refractivity contribution in [1.82, 2.24) is 0 Å². The largest absolute Gasteiger partial charge is 0.492 e. The van der Waals surface area contributed by atoms with E-state index in [1.165, 1.54) is 0 Å². The average Bonchev–Trinajstić information content (AvgIpc) is 2.24. The van der Waals surface area contributed by atoms with E-state index < -0.39 is 5.97 Å². The highest BCUT2D eigenvalue weighted by atomic mass is 79.9. The zero-order valence-electron chi connectivity index (χ0n) is 11.9. The highest BCUT2D eigenvalue weighted by Crippen LogP contribution is 2.29. The van der Waals surface area contributed by atoms with Crippen LogP contribution in [0.1, 0.15) is 49.5 Å². The number of rotatable bonds is 5. The van der Waals surface area contributed by atoms with Crippen LogP contribution in [0.4, 0.5) is 0 Å². The molecule has 0 spiro atoms. The monoisotopic (exact) mass is 328 g/mol. The molecule has 0 fully saturated rings. The maximum Gasteiger partial charge on any atom is 0.339 e. The lowest BCUT2D eigenvalue weighted by Crippen LogP contribution is -2.10. The number of aromatic carboxylic acids is 1. The number of carbonyl (C=O) groups is 1. The van der Waals surface area contributed by atoms with Crippen LogP contribution in [0.25, 0.3) is 0 Å². The van der Waals surface area contributed by atoms with Crippen molar-refractivity contribution < 1.29 is 14.6 Å². The van der Waals surface area contributed by atoms with E-state index in [9.17, 15) is 9.90 Å². The highest BCUT2D eigenvalue weighted by Gasteiger charge is 2.16. The van der Waals surface area contributed by atoms with Crippen LogP contribution in [0.2, 0.25) is 0 Å². The minimum Gasteiger partial charge on any atom is -0.492 e. The summed E-state index contributed by atoms with van der Waals surface area (Å²) < 4.78 is 6.43. The Morgan fingerprint density at radius 2 is 2.00 bits per heavy atom. The third kappa shape index (κ3) is 5.23. The molecule has 0 saturated carbocycles. The molecule has 0 aromatic heterocycles. The Bertz CT molecular complexity index is 461. The smallest absolute Gasteiger partial charge is 0.339 e. The van der Waals surface area contributed by atoms with Crippen LogP contribution < -0.4 is 4.74 Å². The van der Waals surface area contributed by atoms with E-state index in [2.05, 4.69) is 36.7 Å². The summed E-state index contributed by atoms with van der Waals surface area (Å²) in [5.41, 5.74) is 1.32. The topological polar surface area (TPSA) is 46.5 Å². The van der Waals surface area contributed by atoms with Gasteiger partial charge in [0.15, 0.2) is 0 Å². The van der Waals surface area contributed by atoms with Gasteiger partial charge in [0.25, 0.3) is 0 Å². The van der Waals surface area contributed by atoms with Gasteiger partial charge in [-0.05, 0) is 42.9 Å². The molecule has 0 aliphatic carbocycles. The summed E-state index contributed by atoms with van der Waals surface area (Å²) in [5, 5.41) is 9.20. The van der Waals surface area contributed by atoms with Gasteiger partial charge in [-0.2, -0.15) is 0 Å². The first-order valence-electron chi connectivity index (χ1n) is 6.37. The second kappa shape index (κ2) is 6.42. The lowest BCUT2D eigenvalue weighted by atomic mass is 9.91. The summed E-state index contributed by atoms with van der Waals surface area (Å²) in [6, 6.07) is 3.44. The first-order valence-corrected chi connectivity index (χ1v) is 7.16. The molecule has 0 atom stereocenters. The van der Waals surface area contributed by atoms with E-state index in [1.54, 1.807) is 6.07 Å². The molecule has 0 heterocycles. The van der Waals surface area contributed by atoms with Crippen LogP contribution in [0.15, 0.2) is 16.6 Å². The van der Waals surface area contributed by atoms with E-state index in [0.29, 0.717) is 12.4 Å². The molecule has 3 nitrogen and oxygen atoms in total. The fraction of sp³-hybridized carbons (Fsp3) is 0.533. The van der Waals surface area contributed by atoms with Gasteiger partial charge in [0, 0.05) is 4.47 Å². The van der Waals surface area contributed by atoms with Gasteiger partial charge < -0.3 is 9.84 Å². The maximum atomic E-state index is 11.2. The maximum absolute atomic E-state index is 11.2. The van der Waals surface area contributed by atoms with Crippen LogP contribution in [-0.4, -0.2) is 17.7 Å². The van der Waals surface area contributed by atoms with E-state index >= 15 is 0 Å². The molecular weight excluding hydrogens is 308 g/mol. The molecule has 0 radical (unpaired) electrons. The average molecular weight is 329 g/mol. The van der Waals surface area contributed by atoms with E-state index in [-0.39, 0.29) is 11.0 Å². The van der Waals surface area contributed by atoms with Gasteiger partial charge in [-0.15, -0.1) is 0 Å². The molecule has 0 unspecified atom stereocenters. The van der Waals surface area contributed by atoms with Gasteiger partial charge in [-0.25, -0.2) is 4.79 Å². The molecule has 1 aromatic carbocycles. The predicted molar refractivity (Wildman–Crippen MR) is 80.0 cm³/mol. The van der Waals surface area contributed by atoms with Gasteiger partial charge in [0.2, 0.25) is 0 Å². The summed E-state index contributed by atoms with van der Waals surface area (Å²) in [5.74, 6) is -0.486. The summed E-state index contributed by atoms with van der Waals surface area (Å²) in [4.78, 5) is 11.2. The van der Waals surface area contributed by atoms with E-state index in [4.69, 9.17) is 4.74 Å². The Labute approximate surface area is 123 Å². The molecule has 0 saturated heterocycles. The zero-order valence-corrected chi connectivity index (χ0v) is 13.5. The van der Waals surface area contributed by atoms with Crippen molar-refractivity contribution in [3.63, 3.8) is 0 Å². The van der Waals surface area contributed by atoms with Gasteiger partial charge in [0.1, 0.15) is 11.3 Å². The SMILES string of the molecule is Cc1cc(Br)cc(C(=O)O)c1OCCCC(C)(C)C. The summed E-state index contributed by atoms with van der Waals surface area (Å²) in [6.45, 7) is 8.94.